The third-order valence-electron chi connectivity index (χ3n) is 3.66. The van der Waals surface area contributed by atoms with E-state index in [4.69, 9.17) is 10.5 Å². The number of benzene rings is 1. The molecule has 1 aromatic rings. The van der Waals surface area contributed by atoms with Crippen LogP contribution in [0.2, 0.25) is 0 Å². The molecule has 1 rings (SSSR count). The molecule has 3 heteroatoms. The van der Waals surface area contributed by atoms with Crippen molar-refractivity contribution in [3.8, 4) is 5.75 Å². The van der Waals surface area contributed by atoms with Crippen LogP contribution in [0.15, 0.2) is 18.2 Å². The molecular formula is C14H24N2O. The first-order valence-corrected chi connectivity index (χ1v) is 6.04. The number of nitrogens with two attached hydrogens (primary N) is 1. The summed E-state index contributed by atoms with van der Waals surface area (Å²) in [5, 5.41) is 0. The summed E-state index contributed by atoms with van der Waals surface area (Å²) in [5.74, 6) is 0.858. The van der Waals surface area contributed by atoms with Gasteiger partial charge in [-0.05, 0) is 51.1 Å². The lowest BCUT2D eigenvalue weighted by molar-refractivity contribution is 0.143. The standard InChI is InChI=1S/C14H24N2O/c1-6-14(2,3)16(4)10-11-9-12(17-5)7-8-13(11)15/h7-9H,6,10,15H2,1-5H3. The van der Waals surface area contributed by atoms with E-state index in [1.165, 1.54) is 0 Å². The Balaban J connectivity index is 2.87. The molecule has 0 amide bonds. The third-order valence-corrected chi connectivity index (χ3v) is 3.66. The first-order chi connectivity index (χ1) is 7.90. The van der Waals surface area contributed by atoms with Crippen LogP contribution >= 0.6 is 0 Å². The van der Waals surface area contributed by atoms with Crippen molar-refractivity contribution >= 4 is 5.69 Å². The molecule has 0 bridgehead atoms. The Morgan fingerprint density at radius 3 is 2.53 bits per heavy atom. The summed E-state index contributed by atoms with van der Waals surface area (Å²) >= 11 is 0. The average Bonchev–Trinajstić information content (AvgIpc) is 2.31. The van der Waals surface area contributed by atoms with Crippen LogP contribution in [0.5, 0.6) is 5.75 Å². The van der Waals surface area contributed by atoms with Crippen molar-refractivity contribution in [3.05, 3.63) is 23.8 Å². The lowest BCUT2D eigenvalue weighted by atomic mass is 9.99. The SMILES string of the molecule is CCC(C)(C)N(C)Cc1cc(OC)ccc1N. The highest BCUT2D eigenvalue weighted by atomic mass is 16.5. The molecule has 0 saturated carbocycles. The van der Waals surface area contributed by atoms with Gasteiger partial charge in [0.2, 0.25) is 0 Å². The zero-order valence-electron chi connectivity index (χ0n) is 11.6. The number of hydrogen-bond acceptors (Lipinski definition) is 3. The molecule has 0 aliphatic carbocycles. The zero-order chi connectivity index (χ0) is 13.1. The Morgan fingerprint density at radius 1 is 1.35 bits per heavy atom. The summed E-state index contributed by atoms with van der Waals surface area (Å²) in [6.07, 6.45) is 1.10. The molecule has 0 aliphatic rings. The molecule has 0 radical (unpaired) electrons. The molecule has 0 heterocycles. The van der Waals surface area contributed by atoms with Gasteiger partial charge in [-0.1, -0.05) is 6.92 Å². The predicted molar refractivity (Wildman–Crippen MR) is 73.2 cm³/mol. The van der Waals surface area contributed by atoms with Gasteiger partial charge in [-0.2, -0.15) is 0 Å². The highest BCUT2D eigenvalue weighted by molar-refractivity contribution is 5.50. The van der Waals surface area contributed by atoms with Crippen LogP contribution in [0.3, 0.4) is 0 Å². The Morgan fingerprint density at radius 2 is 2.00 bits per heavy atom. The number of methoxy groups -OCH3 is 1. The molecule has 0 unspecified atom stereocenters. The van der Waals surface area contributed by atoms with Crippen LogP contribution in [0.4, 0.5) is 5.69 Å². The van der Waals surface area contributed by atoms with Crippen molar-refractivity contribution in [3.63, 3.8) is 0 Å². The van der Waals surface area contributed by atoms with Gasteiger partial charge < -0.3 is 10.5 Å². The van der Waals surface area contributed by atoms with E-state index in [2.05, 4.69) is 32.7 Å². The molecule has 0 saturated heterocycles. The van der Waals surface area contributed by atoms with Crippen molar-refractivity contribution in [1.82, 2.24) is 4.90 Å². The molecule has 3 nitrogen and oxygen atoms in total. The summed E-state index contributed by atoms with van der Waals surface area (Å²) in [5.41, 5.74) is 8.11. The maximum Gasteiger partial charge on any atom is 0.119 e. The van der Waals surface area contributed by atoms with Gasteiger partial charge in [0, 0.05) is 17.8 Å². The van der Waals surface area contributed by atoms with Gasteiger partial charge in [0.15, 0.2) is 0 Å². The van der Waals surface area contributed by atoms with E-state index in [0.717, 1.165) is 30.0 Å². The Hall–Kier alpha value is -1.22. The van der Waals surface area contributed by atoms with Crippen LogP contribution < -0.4 is 10.5 Å². The number of nitrogen functional groups attached to an aromatic ring is 1. The van der Waals surface area contributed by atoms with Crippen molar-refractivity contribution in [2.45, 2.75) is 39.3 Å². The van der Waals surface area contributed by atoms with Gasteiger partial charge in [0.05, 0.1) is 7.11 Å². The van der Waals surface area contributed by atoms with Gasteiger partial charge in [-0.3, -0.25) is 4.90 Å². The smallest absolute Gasteiger partial charge is 0.119 e. The van der Waals surface area contributed by atoms with E-state index in [1.54, 1.807) is 7.11 Å². The van der Waals surface area contributed by atoms with Crippen molar-refractivity contribution in [1.29, 1.82) is 0 Å². The van der Waals surface area contributed by atoms with E-state index in [-0.39, 0.29) is 5.54 Å². The minimum Gasteiger partial charge on any atom is -0.497 e. The quantitative estimate of drug-likeness (QED) is 0.799. The van der Waals surface area contributed by atoms with Crippen LogP contribution in [-0.4, -0.2) is 24.6 Å². The predicted octanol–water partition coefficient (Wildman–Crippen LogP) is 2.90. The van der Waals surface area contributed by atoms with Gasteiger partial charge in [-0.15, -0.1) is 0 Å². The number of nitrogens with zero attached hydrogens (tertiary/aromatic N) is 1. The Bertz CT molecular complexity index is 374. The van der Waals surface area contributed by atoms with Crippen molar-refractivity contribution in [2.24, 2.45) is 0 Å². The second-order valence-corrected chi connectivity index (χ2v) is 5.09. The summed E-state index contributed by atoms with van der Waals surface area (Å²) in [6.45, 7) is 7.52. The minimum absolute atomic E-state index is 0.176. The van der Waals surface area contributed by atoms with Gasteiger partial charge in [0.25, 0.3) is 0 Å². The molecule has 96 valence electrons. The van der Waals surface area contributed by atoms with E-state index in [1.807, 2.05) is 18.2 Å². The number of hydrogen-bond donors (Lipinski definition) is 1. The van der Waals surface area contributed by atoms with E-state index >= 15 is 0 Å². The molecule has 0 atom stereocenters. The Kier molecular flexibility index (Phi) is 4.40. The van der Waals surface area contributed by atoms with Crippen LogP contribution in [0.1, 0.15) is 32.8 Å². The lowest BCUT2D eigenvalue weighted by Gasteiger charge is -2.35. The number of rotatable bonds is 5. The highest BCUT2D eigenvalue weighted by Crippen LogP contribution is 2.24. The van der Waals surface area contributed by atoms with Gasteiger partial charge in [-0.25, -0.2) is 0 Å². The molecule has 2 N–H and O–H groups in total. The number of ether oxygens (including phenoxy) is 1. The maximum absolute atomic E-state index is 5.99. The molecule has 0 aromatic heterocycles. The maximum atomic E-state index is 5.99. The van der Waals surface area contributed by atoms with Gasteiger partial charge >= 0.3 is 0 Å². The molecule has 1 aromatic carbocycles. The summed E-state index contributed by atoms with van der Waals surface area (Å²) in [6, 6.07) is 5.81. The minimum atomic E-state index is 0.176. The molecular weight excluding hydrogens is 212 g/mol. The fourth-order valence-corrected chi connectivity index (χ4v) is 1.59. The third kappa shape index (κ3) is 3.37. The van der Waals surface area contributed by atoms with E-state index < -0.39 is 0 Å². The molecule has 0 aliphatic heterocycles. The first-order valence-electron chi connectivity index (χ1n) is 6.04. The normalized spacial score (nSPS) is 11.9. The van der Waals surface area contributed by atoms with Crippen molar-refractivity contribution in [2.75, 3.05) is 19.9 Å². The largest absolute Gasteiger partial charge is 0.497 e. The van der Waals surface area contributed by atoms with E-state index in [0.29, 0.717) is 0 Å². The summed E-state index contributed by atoms with van der Waals surface area (Å²) < 4.78 is 5.23. The summed E-state index contributed by atoms with van der Waals surface area (Å²) in [4.78, 5) is 2.32. The van der Waals surface area contributed by atoms with Gasteiger partial charge in [0.1, 0.15) is 5.75 Å². The topological polar surface area (TPSA) is 38.5 Å². The fraction of sp³-hybridized carbons (Fsp3) is 0.571. The molecule has 0 fully saturated rings. The number of anilines is 1. The Labute approximate surface area is 105 Å². The van der Waals surface area contributed by atoms with Crippen LogP contribution in [0, 0.1) is 0 Å². The van der Waals surface area contributed by atoms with Crippen LogP contribution in [-0.2, 0) is 6.54 Å². The lowest BCUT2D eigenvalue weighted by Crippen LogP contribution is -2.39. The average molecular weight is 236 g/mol. The second kappa shape index (κ2) is 5.41. The van der Waals surface area contributed by atoms with Crippen LogP contribution in [0.25, 0.3) is 0 Å². The summed E-state index contributed by atoms with van der Waals surface area (Å²) in [7, 11) is 3.80. The second-order valence-electron chi connectivity index (χ2n) is 5.09. The molecule has 0 spiro atoms. The monoisotopic (exact) mass is 236 g/mol. The zero-order valence-corrected chi connectivity index (χ0v) is 11.6. The molecule has 17 heavy (non-hydrogen) atoms. The fourth-order valence-electron chi connectivity index (χ4n) is 1.59. The van der Waals surface area contributed by atoms with Crippen molar-refractivity contribution < 1.29 is 4.74 Å². The highest BCUT2D eigenvalue weighted by Gasteiger charge is 2.21. The first kappa shape index (κ1) is 13.8. The van der Waals surface area contributed by atoms with E-state index in [9.17, 15) is 0 Å².